The smallest absolute Gasteiger partial charge is 0.313 e. The van der Waals surface area contributed by atoms with Crippen molar-refractivity contribution in [2.45, 2.75) is 13.0 Å². The number of benzene rings is 2. The summed E-state index contributed by atoms with van der Waals surface area (Å²) in [4.78, 5) is 33.9. The van der Waals surface area contributed by atoms with Crippen LogP contribution in [0.5, 0.6) is 5.75 Å². The molecule has 0 bridgehead atoms. The van der Waals surface area contributed by atoms with Crippen molar-refractivity contribution in [1.82, 2.24) is 5.32 Å². The van der Waals surface area contributed by atoms with Crippen molar-refractivity contribution < 1.29 is 19.2 Å². The van der Waals surface area contributed by atoms with Gasteiger partial charge in [-0.2, -0.15) is 0 Å². The molecule has 0 spiro atoms. The zero-order valence-electron chi connectivity index (χ0n) is 13.7. The standard InChI is InChI=1S/C17H17N3O5/c1-11(12-3-9-15(25-2)10-4-12)18-16(21)17(22)19-13-5-7-14(8-6-13)20(23)24/h3-11H,1-2H3,(H,18,21)(H,19,22). The minimum absolute atomic E-state index is 0.101. The van der Waals surface area contributed by atoms with E-state index in [0.717, 1.165) is 5.56 Å². The van der Waals surface area contributed by atoms with Crippen LogP contribution in [0.15, 0.2) is 48.5 Å². The average molecular weight is 343 g/mol. The van der Waals surface area contributed by atoms with Gasteiger partial charge in [-0.15, -0.1) is 0 Å². The van der Waals surface area contributed by atoms with E-state index in [4.69, 9.17) is 4.74 Å². The van der Waals surface area contributed by atoms with Crippen molar-refractivity contribution in [3.63, 3.8) is 0 Å². The second-order valence-electron chi connectivity index (χ2n) is 5.23. The van der Waals surface area contributed by atoms with Crippen LogP contribution in [0, 0.1) is 10.1 Å². The molecule has 0 aliphatic heterocycles. The van der Waals surface area contributed by atoms with Crippen molar-refractivity contribution in [1.29, 1.82) is 0 Å². The predicted molar refractivity (Wildman–Crippen MR) is 91.3 cm³/mol. The van der Waals surface area contributed by atoms with Gasteiger partial charge in [0, 0.05) is 17.8 Å². The van der Waals surface area contributed by atoms with Crippen LogP contribution in [0.1, 0.15) is 18.5 Å². The molecule has 0 saturated carbocycles. The molecule has 8 nitrogen and oxygen atoms in total. The van der Waals surface area contributed by atoms with Crippen molar-refractivity contribution in [3.8, 4) is 5.75 Å². The lowest BCUT2D eigenvalue weighted by Gasteiger charge is -2.14. The maximum absolute atomic E-state index is 12.0. The summed E-state index contributed by atoms with van der Waals surface area (Å²) in [6.07, 6.45) is 0. The number of carbonyl (C=O) groups is 2. The zero-order valence-corrected chi connectivity index (χ0v) is 13.7. The monoisotopic (exact) mass is 343 g/mol. The highest BCUT2D eigenvalue weighted by molar-refractivity contribution is 6.39. The summed E-state index contributed by atoms with van der Waals surface area (Å²) in [5.41, 5.74) is 1.01. The van der Waals surface area contributed by atoms with E-state index in [2.05, 4.69) is 10.6 Å². The first-order valence-electron chi connectivity index (χ1n) is 7.41. The number of nitrogens with one attached hydrogen (secondary N) is 2. The number of anilines is 1. The van der Waals surface area contributed by atoms with Crippen LogP contribution < -0.4 is 15.4 Å². The second-order valence-corrected chi connectivity index (χ2v) is 5.23. The van der Waals surface area contributed by atoms with E-state index in [9.17, 15) is 19.7 Å². The Morgan fingerprint density at radius 2 is 1.64 bits per heavy atom. The molecule has 0 aliphatic rings. The maximum Gasteiger partial charge on any atom is 0.313 e. The van der Waals surface area contributed by atoms with Crippen LogP contribution in [-0.4, -0.2) is 23.8 Å². The molecule has 0 heterocycles. The number of nitro groups is 1. The first-order chi connectivity index (χ1) is 11.9. The summed E-state index contributed by atoms with van der Waals surface area (Å²) in [7, 11) is 1.56. The van der Waals surface area contributed by atoms with Gasteiger partial charge in [0.2, 0.25) is 0 Å². The van der Waals surface area contributed by atoms with Crippen molar-refractivity contribution in [3.05, 3.63) is 64.2 Å². The lowest BCUT2D eigenvalue weighted by Crippen LogP contribution is -2.36. The van der Waals surface area contributed by atoms with E-state index in [1.165, 1.54) is 24.3 Å². The highest BCUT2D eigenvalue weighted by Gasteiger charge is 2.17. The first-order valence-corrected chi connectivity index (χ1v) is 7.41. The molecular weight excluding hydrogens is 326 g/mol. The molecule has 8 heteroatoms. The van der Waals surface area contributed by atoms with Gasteiger partial charge in [-0.05, 0) is 36.8 Å². The number of ether oxygens (including phenoxy) is 1. The molecule has 25 heavy (non-hydrogen) atoms. The number of non-ortho nitro benzene ring substituents is 1. The predicted octanol–water partition coefficient (Wildman–Crippen LogP) is 2.42. The summed E-state index contributed by atoms with van der Waals surface area (Å²) in [5, 5.41) is 15.6. The van der Waals surface area contributed by atoms with Gasteiger partial charge in [0.25, 0.3) is 5.69 Å². The van der Waals surface area contributed by atoms with Crippen molar-refractivity contribution in [2.24, 2.45) is 0 Å². The van der Waals surface area contributed by atoms with Gasteiger partial charge in [-0.3, -0.25) is 19.7 Å². The van der Waals surface area contributed by atoms with E-state index in [0.29, 0.717) is 11.4 Å². The molecule has 0 aliphatic carbocycles. The number of rotatable bonds is 5. The Morgan fingerprint density at radius 1 is 1.04 bits per heavy atom. The number of hydrogen-bond acceptors (Lipinski definition) is 5. The minimum Gasteiger partial charge on any atom is -0.497 e. The highest BCUT2D eigenvalue weighted by atomic mass is 16.6. The van der Waals surface area contributed by atoms with Gasteiger partial charge in [-0.1, -0.05) is 12.1 Å². The van der Waals surface area contributed by atoms with E-state index in [1.54, 1.807) is 38.3 Å². The number of amides is 2. The van der Waals surface area contributed by atoms with Crippen LogP contribution in [0.25, 0.3) is 0 Å². The molecule has 2 rings (SSSR count). The van der Waals surface area contributed by atoms with Crippen molar-refractivity contribution >= 4 is 23.2 Å². The molecule has 0 aromatic heterocycles. The largest absolute Gasteiger partial charge is 0.497 e. The highest BCUT2D eigenvalue weighted by Crippen LogP contribution is 2.18. The fourth-order valence-corrected chi connectivity index (χ4v) is 2.09. The molecule has 2 N–H and O–H groups in total. The zero-order chi connectivity index (χ0) is 18.4. The molecular formula is C17H17N3O5. The van der Waals surface area contributed by atoms with Crippen LogP contribution in [0.2, 0.25) is 0 Å². The van der Waals surface area contributed by atoms with Crippen LogP contribution >= 0.6 is 0 Å². The molecule has 2 aromatic rings. The van der Waals surface area contributed by atoms with Crippen LogP contribution in [0.3, 0.4) is 0 Å². The number of hydrogen-bond donors (Lipinski definition) is 2. The maximum atomic E-state index is 12.0. The topological polar surface area (TPSA) is 111 Å². The van der Waals surface area contributed by atoms with Crippen LogP contribution in [-0.2, 0) is 9.59 Å². The summed E-state index contributed by atoms with van der Waals surface area (Å²) in [6.45, 7) is 1.75. The lowest BCUT2D eigenvalue weighted by molar-refractivity contribution is -0.384. The Hall–Kier alpha value is -3.42. The van der Waals surface area contributed by atoms with E-state index < -0.39 is 16.7 Å². The van der Waals surface area contributed by atoms with Crippen molar-refractivity contribution in [2.75, 3.05) is 12.4 Å². The molecule has 130 valence electrons. The summed E-state index contributed by atoms with van der Waals surface area (Å²) in [5.74, 6) is -0.964. The van der Waals surface area contributed by atoms with E-state index in [-0.39, 0.29) is 11.7 Å². The Kier molecular flexibility index (Phi) is 5.67. The number of methoxy groups -OCH3 is 1. The van der Waals surface area contributed by atoms with Gasteiger partial charge in [0.1, 0.15) is 5.75 Å². The normalized spacial score (nSPS) is 11.3. The van der Waals surface area contributed by atoms with E-state index >= 15 is 0 Å². The summed E-state index contributed by atoms with van der Waals surface area (Å²) < 4.78 is 5.06. The fraction of sp³-hybridized carbons (Fsp3) is 0.176. The minimum atomic E-state index is -0.853. The molecule has 0 radical (unpaired) electrons. The number of nitro benzene ring substituents is 1. The third-order valence-corrected chi connectivity index (χ3v) is 3.51. The van der Waals surface area contributed by atoms with Gasteiger partial charge < -0.3 is 15.4 Å². The number of nitrogens with zero attached hydrogens (tertiary/aromatic N) is 1. The van der Waals surface area contributed by atoms with E-state index in [1.807, 2.05) is 0 Å². The third-order valence-electron chi connectivity index (χ3n) is 3.51. The Morgan fingerprint density at radius 3 is 2.16 bits per heavy atom. The average Bonchev–Trinajstić information content (AvgIpc) is 2.62. The van der Waals surface area contributed by atoms with Gasteiger partial charge in [-0.25, -0.2) is 0 Å². The number of carbonyl (C=O) groups excluding carboxylic acids is 2. The third kappa shape index (κ3) is 4.77. The molecule has 0 saturated heterocycles. The first kappa shape index (κ1) is 17.9. The van der Waals surface area contributed by atoms with Crippen LogP contribution in [0.4, 0.5) is 11.4 Å². The lowest BCUT2D eigenvalue weighted by atomic mass is 10.1. The molecule has 2 aromatic carbocycles. The summed E-state index contributed by atoms with van der Waals surface area (Å²) in [6, 6.07) is 11.9. The molecule has 1 atom stereocenters. The quantitative estimate of drug-likeness (QED) is 0.492. The van der Waals surface area contributed by atoms with Gasteiger partial charge in [0.05, 0.1) is 18.1 Å². The molecule has 2 amide bonds. The second kappa shape index (κ2) is 7.91. The molecule has 1 unspecified atom stereocenters. The Balaban J connectivity index is 1.94. The SMILES string of the molecule is COc1ccc(C(C)NC(=O)C(=O)Nc2ccc([N+](=O)[O-])cc2)cc1. The molecule has 0 fully saturated rings. The Labute approximate surface area is 144 Å². The Bertz CT molecular complexity index is 772. The fourth-order valence-electron chi connectivity index (χ4n) is 2.09. The van der Waals surface area contributed by atoms with Gasteiger partial charge in [0.15, 0.2) is 0 Å². The summed E-state index contributed by atoms with van der Waals surface area (Å²) >= 11 is 0. The van der Waals surface area contributed by atoms with Gasteiger partial charge >= 0.3 is 11.8 Å².